The minimum atomic E-state index is 0.533. The van der Waals surface area contributed by atoms with Crippen LogP contribution in [0, 0.1) is 0 Å². The Morgan fingerprint density at radius 3 is 2.18 bits per heavy atom. The zero-order valence-electron chi connectivity index (χ0n) is 15.8. The first-order valence-corrected chi connectivity index (χ1v) is 9.99. The van der Waals surface area contributed by atoms with Crippen LogP contribution in [-0.2, 0) is 12.8 Å². The minimum Gasteiger partial charge on any atom is -0.493 e. The summed E-state index contributed by atoms with van der Waals surface area (Å²) in [5.41, 5.74) is 1.86. The van der Waals surface area contributed by atoms with Crippen LogP contribution in [0.3, 0.4) is 0 Å². The van der Waals surface area contributed by atoms with Crippen molar-refractivity contribution in [3.8, 4) is 28.6 Å². The molecule has 0 saturated carbocycles. The van der Waals surface area contributed by atoms with E-state index in [2.05, 4.69) is 10.2 Å². The Morgan fingerprint density at radius 1 is 0.929 bits per heavy atom. The zero-order chi connectivity index (χ0) is 20.3. The van der Waals surface area contributed by atoms with E-state index in [1.807, 2.05) is 35.9 Å². The van der Waals surface area contributed by atoms with E-state index in [9.17, 15) is 0 Å². The highest BCUT2D eigenvalue weighted by molar-refractivity contribution is 7.98. The average Bonchev–Trinajstić information content (AvgIpc) is 3.08. The Kier molecular flexibility index (Phi) is 6.59. The SMILES string of the molecule is COc1cc(-c2nnc(SCc3ccc(Cl)c(Cl)c3)n2C)cc(OC)c1OC. The summed E-state index contributed by atoms with van der Waals surface area (Å²) < 4.78 is 18.1. The maximum Gasteiger partial charge on any atom is 0.203 e. The second-order valence-corrected chi connectivity index (χ2v) is 7.57. The molecule has 1 aromatic heterocycles. The number of rotatable bonds is 7. The summed E-state index contributed by atoms with van der Waals surface area (Å²) in [6.07, 6.45) is 0. The molecule has 0 atom stereocenters. The molecular formula is C19H19Cl2N3O3S. The molecule has 148 valence electrons. The highest BCUT2D eigenvalue weighted by Crippen LogP contribution is 2.41. The summed E-state index contributed by atoms with van der Waals surface area (Å²) in [7, 11) is 6.64. The van der Waals surface area contributed by atoms with E-state index in [0.29, 0.717) is 38.9 Å². The van der Waals surface area contributed by atoms with Crippen molar-refractivity contribution in [1.82, 2.24) is 14.8 Å². The Bertz CT molecular complexity index is 970. The summed E-state index contributed by atoms with van der Waals surface area (Å²) in [6.45, 7) is 0. The second kappa shape index (κ2) is 8.94. The van der Waals surface area contributed by atoms with E-state index in [1.54, 1.807) is 39.2 Å². The lowest BCUT2D eigenvalue weighted by Crippen LogP contribution is -1.99. The number of ether oxygens (including phenoxy) is 3. The van der Waals surface area contributed by atoms with Crippen molar-refractivity contribution in [3.05, 3.63) is 45.9 Å². The van der Waals surface area contributed by atoms with Crippen LogP contribution in [0.1, 0.15) is 5.56 Å². The van der Waals surface area contributed by atoms with Crippen molar-refractivity contribution in [3.63, 3.8) is 0 Å². The van der Waals surface area contributed by atoms with Crippen LogP contribution in [0.5, 0.6) is 17.2 Å². The monoisotopic (exact) mass is 439 g/mol. The summed E-state index contributed by atoms with van der Waals surface area (Å²) in [4.78, 5) is 0. The molecule has 0 aliphatic heterocycles. The van der Waals surface area contributed by atoms with Gasteiger partial charge in [0.25, 0.3) is 0 Å². The molecule has 0 spiro atoms. The largest absolute Gasteiger partial charge is 0.493 e. The minimum absolute atomic E-state index is 0.533. The Balaban J connectivity index is 1.87. The molecule has 9 heteroatoms. The number of nitrogens with zero attached hydrogens (tertiary/aromatic N) is 3. The lowest BCUT2D eigenvalue weighted by molar-refractivity contribution is 0.324. The van der Waals surface area contributed by atoms with Gasteiger partial charge in [-0.05, 0) is 29.8 Å². The Morgan fingerprint density at radius 2 is 1.61 bits per heavy atom. The first-order chi connectivity index (χ1) is 13.5. The molecular weight excluding hydrogens is 421 g/mol. The lowest BCUT2D eigenvalue weighted by Gasteiger charge is -2.14. The molecule has 0 fully saturated rings. The number of thioether (sulfide) groups is 1. The van der Waals surface area contributed by atoms with Crippen LogP contribution in [-0.4, -0.2) is 36.1 Å². The third-order valence-electron chi connectivity index (χ3n) is 4.11. The number of benzene rings is 2. The van der Waals surface area contributed by atoms with Gasteiger partial charge in [0.15, 0.2) is 22.5 Å². The predicted molar refractivity (Wildman–Crippen MR) is 112 cm³/mol. The van der Waals surface area contributed by atoms with Crippen molar-refractivity contribution in [2.75, 3.05) is 21.3 Å². The normalized spacial score (nSPS) is 10.8. The van der Waals surface area contributed by atoms with Crippen LogP contribution in [0.2, 0.25) is 10.0 Å². The van der Waals surface area contributed by atoms with Gasteiger partial charge in [0.1, 0.15) is 0 Å². The van der Waals surface area contributed by atoms with Gasteiger partial charge in [-0.2, -0.15) is 0 Å². The van der Waals surface area contributed by atoms with E-state index in [0.717, 1.165) is 16.3 Å². The fourth-order valence-corrected chi connectivity index (χ4v) is 3.85. The van der Waals surface area contributed by atoms with Crippen molar-refractivity contribution in [1.29, 1.82) is 0 Å². The van der Waals surface area contributed by atoms with Gasteiger partial charge in [-0.3, -0.25) is 0 Å². The van der Waals surface area contributed by atoms with Crippen LogP contribution in [0.15, 0.2) is 35.5 Å². The van der Waals surface area contributed by atoms with Crippen molar-refractivity contribution in [2.24, 2.45) is 7.05 Å². The first-order valence-electron chi connectivity index (χ1n) is 8.25. The number of hydrogen-bond donors (Lipinski definition) is 0. The van der Waals surface area contributed by atoms with E-state index >= 15 is 0 Å². The molecule has 0 bridgehead atoms. The number of halogens is 2. The highest BCUT2D eigenvalue weighted by Gasteiger charge is 2.18. The highest BCUT2D eigenvalue weighted by atomic mass is 35.5. The van der Waals surface area contributed by atoms with Gasteiger partial charge in [0.2, 0.25) is 5.75 Å². The summed E-state index contributed by atoms with van der Waals surface area (Å²) >= 11 is 13.6. The molecule has 3 rings (SSSR count). The fraction of sp³-hybridized carbons (Fsp3) is 0.263. The Labute approximate surface area is 177 Å². The average molecular weight is 440 g/mol. The number of methoxy groups -OCH3 is 3. The lowest BCUT2D eigenvalue weighted by atomic mass is 10.1. The Hall–Kier alpha value is -2.09. The van der Waals surface area contributed by atoms with Crippen LogP contribution >= 0.6 is 35.0 Å². The molecule has 28 heavy (non-hydrogen) atoms. The molecule has 0 aliphatic rings. The van der Waals surface area contributed by atoms with Gasteiger partial charge < -0.3 is 18.8 Å². The maximum atomic E-state index is 6.08. The zero-order valence-corrected chi connectivity index (χ0v) is 18.2. The maximum absolute atomic E-state index is 6.08. The first kappa shape index (κ1) is 20.6. The molecule has 0 unspecified atom stereocenters. The second-order valence-electron chi connectivity index (χ2n) is 5.82. The van der Waals surface area contributed by atoms with Gasteiger partial charge in [0.05, 0.1) is 31.4 Å². The summed E-state index contributed by atoms with van der Waals surface area (Å²) in [5.74, 6) is 3.04. The fourth-order valence-electron chi connectivity index (χ4n) is 2.68. The van der Waals surface area contributed by atoms with E-state index in [-0.39, 0.29) is 0 Å². The molecule has 2 aromatic carbocycles. The summed E-state index contributed by atoms with van der Waals surface area (Å²) in [6, 6.07) is 9.28. The van der Waals surface area contributed by atoms with Crippen LogP contribution in [0.4, 0.5) is 0 Å². The van der Waals surface area contributed by atoms with E-state index in [1.165, 1.54) is 0 Å². The molecule has 0 aliphatic carbocycles. The third-order valence-corrected chi connectivity index (χ3v) is 5.94. The molecule has 6 nitrogen and oxygen atoms in total. The van der Waals surface area contributed by atoms with E-state index < -0.39 is 0 Å². The van der Waals surface area contributed by atoms with Gasteiger partial charge >= 0.3 is 0 Å². The standard InChI is InChI=1S/C19H19Cl2N3O3S/c1-24-18(12-8-15(25-2)17(27-4)16(9-12)26-3)22-23-19(24)28-10-11-5-6-13(20)14(21)7-11/h5-9H,10H2,1-4H3. The van der Waals surface area contributed by atoms with Gasteiger partial charge in [-0.1, -0.05) is 41.0 Å². The molecule has 3 aromatic rings. The van der Waals surface area contributed by atoms with Crippen molar-refractivity contribution >= 4 is 35.0 Å². The van der Waals surface area contributed by atoms with Crippen LogP contribution < -0.4 is 14.2 Å². The predicted octanol–water partition coefficient (Wildman–Crippen LogP) is 5.11. The van der Waals surface area contributed by atoms with Gasteiger partial charge in [-0.25, -0.2) is 0 Å². The number of aromatic nitrogens is 3. The molecule has 0 saturated heterocycles. The van der Waals surface area contributed by atoms with Crippen molar-refractivity contribution in [2.45, 2.75) is 10.9 Å². The third kappa shape index (κ3) is 4.16. The topological polar surface area (TPSA) is 58.4 Å². The number of hydrogen-bond acceptors (Lipinski definition) is 6. The van der Waals surface area contributed by atoms with Gasteiger partial charge in [0, 0.05) is 18.4 Å². The van der Waals surface area contributed by atoms with Gasteiger partial charge in [-0.15, -0.1) is 10.2 Å². The molecule has 1 heterocycles. The van der Waals surface area contributed by atoms with E-state index in [4.69, 9.17) is 37.4 Å². The molecule has 0 N–H and O–H groups in total. The molecule has 0 amide bonds. The smallest absolute Gasteiger partial charge is 0.203 e. The quantitative estimate of drug-likeness (QED) is 0.476. The van der Waals surface area contributed by atoms with Crippen molar-refractivity contribution < 1.29 is 14.2 Å². The molecule has 0 radical (unpaired) electrons. The van der Waals surface area contributed by atoms with Crippen LogP contribution in [0.25, 0.3) is 11.4 Å². The summed E-state index contributed by atoms with van der Waals surface area (Å²) in [5, 5.41) is 10.5.